The Morgan fingerprint density at radius 2 is 1.43 bits per heavy atom. The molecule has 0 rings (SSSR count). The third-order valence-electron chi connectivity index (χ3n) is 1.44. The summed E-state index contributed by atoms with van der Waals surface area (Å²) in [7, 11) is -10.7. The molecular weight excluding hydrogens is 238 g/mol. The van der Waals surface area contributed by atoms with E-state index >= 15 is 0 Å². The molecule has 84 valence electrons. The molecule has 0 radical (unpaired) electrons. The molecule has 0 aliphatic rings. The largest absolute Gasteiger partial charge is 0.370 e. The van der Waals surface area contributed by atoms with Crippen molar-refractivity contribution in [2.45, 2.75) is 11.4 Å². The van der Waals surface area contributed by atoms with E-state index in [1.165, 1.54) is 0 Å². The maximum atomic E-state index is 10.7. The highest BCUT2D eigenvalue weighted by Crippen LogP contribution is 2.67. The molecule has 0 saturated heterocycles. The lowest BCUT2D eigenvalue weighted by molar-refractivity contribution is -0.118. The lowest BCUT2D eigenvalue weighted by atomic mass is 10.4. The summed E-state index contributed by atoms with van der Waals surface area (Å²) in [5, 5.41) is -3.24. The van der Waals surface area contributed by atoms with Gasteiger partial charge in [0.2, 0.25) is 10.9 Å². The molecular formula is C3H10N2O7P2. The Bertz CT molecular complexity index is 306. The zero-order valence-electron chi connectivity index (χ0n) is 6.77. The molecule has 0 bridgehead atoms. The fourth-order valence-electron chi connectivity index (χ4n) is 0.632. The van der Waals surface area contributed by atoms with Crippen LogP contribution in [0.25, 0.3) is 0 Å². The highest BCUT2D eigenvalue weighted by molar-refractivity contribution is 7.72. The highest BCUT2D eigenvalue weighted by Gasteiger charge is 2.58. The smallest absolute Gasteiger partial charge is 0.358 e. The molecule has 0 fully saturated rings. The SMILES string of the molecule is NC(=O)CC(N)(P(=O)(O)O)P(=O)(O)O. The second-order valence-electron chi connectivity index (χ2n) is 2.61. The van der Waals surface area contributed by atoms with E-state index in [9.17, 15) is 13.9 Å². The number of nitrogens with two attached hydrogens (primary N) is 2. The maximum absolute atomic E-state index is 10.7. The lowest BCUT2D eigenvalue weighted by Crippen LogP contribution is -2.42. The Hall–Kier alpha value is -0.270. The molecule has 0 aliphatic carbocycles. The van der Waals surface area contributed by atoms with Crippen LogP contribution in [-0.2, 0) is 13.9 Å². The average molecular weight is 248 g/mol. The van der Waals surface area contributed by atoms with Crippen LogP contribution in [0.1, 0.15) is 6.42 Å². The minimum atomic E-state index is -5.35. The molecule has 14 heavy (non-hydrogen) atoms. The predicted octanol–water partition coefficient (Wildman–Crippen LogP) is -2.17. The Morgan fingerprint density at radius 3 is 1.50 bits per heavy atom. The maximum Gasteiger partial charge on any atom is 0.358 e. The topological polar surface area (TPSA) is 184 Å². The lowest BCUT2D eigenvalue weighted by Gasteiger charge is -2.29. The molecule has 0 aromatic heterocycles. The van der Waals surface area contributed by atoms with E-state index in [2.05, 4.69) is 5.73 Å². The molecule has 0 heterocycles. The molecule has 11 heteroatoms. The van der Waals surface area contributed by atoms with Crippen LogP contribution in [0.5, 0.6) is 0 Å². The van der Waals surface area contributed by atoms with Gasteiger partial charge in [0.25, 0.3) is 0 Å². The first-order valence-corrected chi connectivity index (χ1v) is 6.33. The Balaban J connectivity index is 5.41. The first kappa shape index (κ1) is 13.7. The summed E-state index contributed by atoms with van der Waals surface area (Å²) in [6, 6.07) is 0. The zero-order valence-corrected chi connectivity index (χ0v) is 8.56. The van der Waals surface area contributed by atoms with E-state index in [-0.39, 0.29) is 0 Å². The van der Waals surface area contributed by atoms with Gasteiger partial charge in [0.1, 0.15) is 0 Å². The van der Waals surface area contributed by atoms with Crippen molar-refractivity contribution in [1.29, 1.82) is 0 Å². The molecule has 0 aliphatic heterocycles. The number of hydrogen-bond donors (Lipinski definition) is 6. The second-order valence-corrected chi connectivity index (χ2v) is 6.73. The fraction of sp³-hybridized carbons (Fsp3) is 0.667. The van der Waals surface area contributed by atoms with Crippen molar-refractivity contribution in [2.75, 3.05) is 0 Å². The summed E-state index contributed by atoms with van der Waals surface area (Å²) in [6.07, 6.45) is -1.30. The van der Waals surface area contributed by atoms with Crippen molar-refractivity contribution < 1.29 is 33.5 Å². The first-order valence-electron chi connectivity index (χ1n) is 3.10. The fourth-order valence-corrected chi connectivity index (χ4v) is 2.71. The number of hydrogen-bond acceptors (Lipinski definition) is 4. The summed E-state index contributed by atoms with van der Waals surface area (Å²) in [6.45, 7) is 0. The van der Waals surface area contributed by atoms with E-state index < -0.39 is 32.5 Å². The Morgan fingerprint density at radius 1 is 1.14 bits per heavy atom. The van der Waals surface area contributed by atoms with Crippen LogP contribution >= 0.6 is 15.2 Å². The molecule has 0 spiro atoms. The molecule has 0 unspecified atom stereocenters. The van der Waals surface area contributed by atoms with E-state index in [1.807, 2.05) is 0 Å². The quantitative estimate of drug-likeness (QED) is 0.303. The van der Waals surface area contributed by atoms with Gasteiger partial charge in [-0.2, -0.15) is 0 Å². The Kier molecular flexibility index (Phi) is 3.64. The highest BCUT2D eigenvalue weighted by atomic mass is 31.2. The van der Waals surface area contributed by atoms with Gasteiger partial charge in [-0.25, -0.2) is 0 Å². The van der Waals surface area contributed by atoms with Crippen LogP contribution in [-0.4, -0.2) is 30.5 Å². The van der Waals surface area contributed by atoms with Gasteiger partial charge in [-0.3, -0.25) is 13.9 Å². The molecule has 8 N–H and O–H groups in total. The number of carbonyl (C=O) groups excluding carboxylic acids is 1. The van der Waals surface area contributed by atoms with Gasteiger partial charge in [-0.15, -0.1) is 0 Å². The van der Waals surface area contributed by atoms with E-state index in [4.69, 9.17) is 25.3 Å². The minimum absolute atomic E-state index is 1.30. The Labute approximate surface area is 78.4 Å². The normalized spacial score (nSPS) is 14.1. The van der Waals surface area contributed by atoms with Crippen molar-refractivity contribution in [2.24, 2.45) is 11.5 Å². The van der Waals surface area contributed by atoms with Crippen molar-refractivity contribution in [3.05, 3.63) is 0 Å². The van der Waals surface area contributed by atoms with Gasteiger partial charge in [-0.1, -0.05) is 0 Å². The zero-order chi connectivity index (χ0) is 11.8. The number of primary amides is 1. The van der Waals surface area contributed by atoms with Gasteiger partial charge in [-0.05, 0) is 0 Å². The summed E-state index contributed by atoms with van der Waals surface area (Å²) in [5.41, 5.74) is 9.39. The van der Waals surface area contributed by atoms with Crippen LogP contribution in [0.3, 0.4) is 0 Å². The number of carbonyl (C=O) groups is 1. The van der Waals surface area contributed by atoms with E-state index in [1.54, 1.807) is 0 Å². The van der Waals surface area contributed by atoms with Crippen molar-refractivity contribution in [3.63, 3.8) is 0 Å². The van der Waals surface area contributed by atoms with Gasteiger partial charge < -0.3 is 31.0 Å². The molecule has 9 nitrogen and oxygen atoms in total. The van der Waals surface area contributed by atoms with Crippen LogP contribution < -0.4 is 11.5 Å². The van der Waals surface area contributed by atoms with Crippen LogP contribution in [0.4, 0.5) is 0 Å². The molecule has 0 aromatic carbocycles. The predicted molar refractivity (Wildman–Crippen MR) is 44.8 cm³/mol. The standard InChI is InChI=1S/C3H10N2O7P2/c4-2(6)1-3(5,13(7,8)9)14(10,11)12/h1,5H2,(H2,4,6)(H2,7,8,9)(H2,10,11,12). The number of rotatable bonds is 4. The average Bonchev–Trinajstić information content (AvgIpc) is 1.79. The van der Waals surface area contributed by atoms with Gasteiger partial charge in [0.15, 0.2) is 0 Å². The molecule has 0 atom stereocenters. The van der Waals surface area contributed by atoms with Gasteiger partial charge in [0, 0.05) is 0 Å². The summed E-state index contributed by atoms with van der Waals surface area (Å²) < 4.78 is 21.4. The minimum Gasteiger partial charge on any atom is -0.370 e. The van der Waals surface area contributed by atoms with E-state index in [0.717, 1.165) is 0 Å². The summed E-state index contributed by atoms with van der Waals surface area (Å²) >= 11 is 0. The van der Waals surface area contributed by atoms with Gasteiger partial charge in [0.05, 0.1) is 6.42 Å². The molecule has 1 amide bonds. The third-order valence-corrected chi connectivity index (χ3v) is 5.34. The second kappa shape index (κ2) is 3.71. The third kappa shape index (κ3) is 2.61. The van der Waals surface area contributed by atoms with E-state index in [0.29, 0.717) is 0 Å². The van der Waals surface area contributed by atoms with Crippen LogP contribution in [0, 0.1) is 0 Å². The van der Waals surface area contributed by atoms with Crippen molar-refractivity contribution in [3.8, 4) is 0 Å². The molecule has 0 aromatic rings. The summed E-state index contributed by atoms with van der Waals surface area (Å²) in [5.74, 6) is -1.32. The molecule has 0 saturated carbocycles. The number of amides is 1. The van der Waals surface area contributed by atoms with Crippen molar-refractivity contribution >= 4 is 21.1 Å². The van der Waals surface area contributed by atoms with Crippen LogP contribution in [0.2, 0.25) is 0 Å². The monoisotopic (exact) mass is 248 g/mol. The first-order chi connectivity index (χ1) is 5.92. The van der Waals surface area contributed by atoms with Crippen LogP contribution in [0.15, 0.2) is 0 Å². The van der Waals surface area contributed by atoms with Gasteiger partial charge >= 0.3 is 15.2 Å². The summed E-state index contributed by atoms with van der Waals surface area (Å²) in [4.78, 5) is 44.8. The van der Waals surface area contributed by atoms with Crippen molar-refractivity contribution in [1.82, 2.24) is 0 Å².